The highest BCUT2D eigenvalue weighted by molar-refractivity contribution is 6.32. The van der Waals surface area contributed by atoms with Crippen molar-refractivity contribution in [2.75, 3.05) is 19.5 Å². The van der Waals surface area contributed by atoms with Crippen molar-refractivity contribution in [3.8, 4) is 24.0 Å². The first kappa shape index (κ1) is 37.0. The zero-order valence-corrected chi connectivity index (χ0v) is 25.2. The van der Waals surface area contributed by atoms with E-state index in [1.54, 1.807) is 19.1 Å². The second kappa shape index (κ2) is 19.1. The van der Waals surface area contributed by atoms with Crippen LogP contribution < -0.4 is 15.4 Å². The lowest BCUT2D eigenvalue weighted by molar-refractivity contribution is -0.154. The van der Waals surface area contributed by atoms with Gasteiger partial charge in [-0.1, -0.05) is 50.8 Å². The number of hydrogen-bond acceptors (Lipinski definition) is 5. The van der Waals surface area contributed by atoms with Gasteiger partial charge in [-0.3, -0.25) is 4.79 Å². The fourth-order valence-corrected chi connectivity index (χ4v) is 3.36. The third kappa shape index (κ3) is 12.9. The number of rotatable bonds is 11. The van der Waals surface area contributed by atoms with Crippen LogP contribution in [-0.2, 0) is 0 Å². The van der Waals surface area contributed by atoms with Crippen LogP contribution in [0.3, 0.4) is 0 Å². The number of hydrogen-bond donors (Lipinski definition) is 2. The van der Waals surface area contributed by atoms with Crippen LogP contribution in [0.25, 0.3) is 5.82 Å². The van der Waals surface area contributed by atoms with Crippen LogP contribution >= 0.6 is 23.2 Å². The van der Waals surface area contributed by atoms with Gasteiger partial charge in [0, 0.05) is 36.9 Å². The Labute approximate surface area is 245 Å². The molecule has 40 heavy (non-hydrogen) atoms. The maximum absolute atomic E-state index is 13.4. The standard InChI is InChI=1S/C24H29ClF3N5O2.C3H6.CH3Cl/c1-6-9-17(13-30-15(3)4)21(16(5)7-2)31-23(34)19-12-20(35-14-24(26,27)28)32-33(19)22-18(25)10-8-11-29-22;1-3-2;1-2/h2,8,10-12,15-16,30H,6,9,13-14H2,1,3-5H3,(H,31,34);3H,1H2,2H3;1H3/b21-17-;;. The van der Waals surface area contributed by atoms with E-state index in [2.05, 4.69) is 44.8 Å². The van der Waals surface area contributed by atoms with Crippen LogP contribution in [0.5, 0.6) is 5.88 Å². The summed E-state index contributed by atoms with van der Waals surface area (Å²) in [6.07, 6.45) is 7.25. The Morgan fingerprint density at radius 2 is 1.95 bits per heavy atom. The van der Waals surface area contributed by atoms with Crippen LogP contribution in [-0.4, -0.2) is 52.4 Å². The summed E-state index contributed by atoms with van der Waals surface area (Å²) in [5.74, 6) is 1.23. The largest absolute Gasteiger partial charge is 0.467 e. The van der Waals surface area contributed by atoms with Gasteiger partial charge < -0.3 is 15.4 Å². The molecule has 0 saturated heterocycles. The molecule has 1 amide bonds. The number of halogens is 5. The van der Waals surface area contributed by atoms with Crippen LogP contribution in [0.4, 0.5) is 13.2 Å². The quantitative estimate of drug-likeness (QED) is 0.165. The first-order valence-corrected chi connectivity index (χ1v) is 13.6. The molecule has 2 aromatic rings. The molecule has 222 valence electrons. The number of carbonyl (C=O) groups excluding carboxylic acids is 1. The Hall–Kier alpha value is -3.00. The summed E-state index contributed by atoms with van der Waals surface area (Å²) in [7, 11) is 0. The molecule has 2 aromatic heterocycles. The lowest BCUT2D eigenvalue weighted by atomic mass is 9.99. The van der Waals surface area contributed by atoms with Crippen molar-refractivity contribution >= 4 is 29.1 Å². The predicted octanol–water partition coefficient (Wildman–Crippen LogP) is 6.96. The maximum atomic E-state index is 13.4. The third-order valence-corrected chi connectivity index (χ3v) is 5.13. The highest BCUT2D eigenvalue weighted by atomic mass is 35.5. The van der Waals surface area contributed by atoms with Gasteiger partial charge in [-0.2, -0.15) is 13.2 Å². The minimum atomic E-state index is -4.58. The summed E-state index contributed by atoms with van der Waals surface area (Å²) in [5, 5.41) is 10.3. The van der Waals surface area contributed by atoms with Gasteiger partial charge in [0.25, 0.3) is 5.91 Å². The molecular formula is C28H38Cl2F3N5O2. The van der Waals surface area contributed by atoms with Crippen molar-refractivity contribution in [1.29, 1.82) is 0 Å². The molecule has 0 bridgehead atoms. The normalized spacial score (nSPS) is 12.1. The number of terminal acetylenes is 1. The molecule has 1 unspecified atom stereocenters. The maximum Gasteiger partial charge on any atom is 0.422 e. The van der Waals surface area contributed by atoms with E-state index in [1.807, 2.05) is 27.7 Å². The van der Waals surface area contributed by atoms with Gasteiger partial charge in [0.1, 0.15) is 5.69 Å². The first-order chi connectivity index (χ1) is 18.9. The summed E-state index contributed by atoms with van der Waals surface area (Å²) in [4.78, 5) is 17.5. The molecule has 0 aliphatic rings. The van der Waals surface area contributed by atoms with Crippen molar-refractivity contribution in [3.05, 3.63) is 59.0 Å². The Morgan fingerprint density at radius 1 is 1.32 bits per heavy atom. The summed E-state index contributed by atoms with van der Waals surface area (Å²) in [6.45, 7) is 12.0. The lowest BCUT2D eigenvalue weighted by Gasteiger charge is -2.20. The Kier molecular flexibility index (Phi) is 17.7. The van der Waals surface area contributed by atoms with Crippen molar-refractivity contribution in [2.45, 2.75) is 59.7 Å². The second-order valence-electron chi connectivity index (χ2n) is 8.55. The fourth-order valence-electron chi connectivity index (χ4n) is 3.16. The monoisotopic (exact) mass is 603 g/mol. The van der Waals surface area contributed by atoms with Crippen LogP contribution in [0.15, 0.2) is 48.3 Å². The molecular weight excluding hydrogens is 566 g/mol. The van der Waals surface area contributed by atoms with E-state index >= 15 is 0 Å². The van der Waals surface area contributed by atoms with E-state index in [9.17, 15) is 18.0 Å². The minimum absolute atomic E-state index is 0.0620. The van der Waals surface area contributed by atoms with E-state index in [1.165, 1.54) is 18.6 Å². The number of aromatic nitrogens is 3. The number of alkyl halides is 4. The second-order valence-corrected chi connectivity index (χ2v) is 8.95. The zero-order chi connectivity index (χ0) is 30.9. The van der Waals surface area contributed by atoms with Gasteiger partial charge in [0.05, 0.1) is 10.9 Å². The molecule has 0 aliphatic heterocycles. The van der Waals surface area contributed by atoms with Crippen LogP contribution in [0.1, 0.15) is 57.9 Å². The van der Waals surface area contributed by atoms with E-state index in [0.717, 1.165) is 22.7 Å². The van der Waals surface area contributed by atoms with Gasteiger partial charge in [-0.05, 0) is 38.0 Å². The molecule has 0 aromatic carbocycles. The molecule has 7 nitrogen and oxygen atoms in total. The molecule has 0 saturated carbocycles. The van der Waals surface area contributed by atoms with Gasteiger partial charge in [-0.25, -0.2) is 9.67 Å². The van der Waals surface area contributed by atoms with Crippen molar-refractivity contribution < 1.29 is 22.7 Å². The molecule has 2 heterocycles. The SMILES string of the molecule is C#CC(C)/C(NC(=O)c1cc(OCC(F)(F)F)nn1-c1ncccc1Cl)=C(\CCC)CNC(C)C.C=CC.CCl. The average molecular weight is 605 g/mol. The first-order valence-electron chi connectivity index (χ1n) is 12.5. The molecule has 1 atom stereocenters. The van der Waals surface area contributed by atoms with Gasteiger partial charge in [0.15, 0.2) is 12.4 Å². The lowest BCUT2D eigenvalue weighted by Crippen LogP contribution is -2.32. The summed E-state index contributed by atoms with van der Waals surface area (Å²) >= 11 is 10.9. The molecule has 0 radical (unpaired) electrons. The number of allylic oxidation sites excluding steroid dienone is 2. The Morgan fingerprint density at radius 3 is 2.45 bits per heavy atom. The smallest absolute Gasteiger partial charge is 0.422 e. The van der Waals surface area contributed by atoms with E-state index in [-0.39, 0.29) is 22.6 Å². The molecule has 2 N–H and O–H groups in total. The van der Waals surface area contributed by atoms with E-state index in [0.29, 0.717) is 18.7 Å². The molecule has 2 rings (SSSR count). The van der Waals surface area contributed by atoms with Gasteiger partial charge in [-0.15, -0.1) is 29.7 Å². The van der Waals surface area contributed by atoms with Crippen molar-refractivity contribution in [1.82, 2.24) is 25.4 Å². The number of nitrogens with zero attached hydrogens (tertiary/aromatic N) is 3. The van der Waals surface area contributed by atoms with Crippen LogP contribution in [0, 0.1) is 18.3 Å². The summed E-state index contributed by atoms with van der Waals surface area (Å²) in [6, 6.07) is 4.41. The topological polar surface area (TPSA) is 81.1 Å². The molecule has 0 aliphatic carbocycles. The summed E-state index contributed by atoms with van der Waals surface area (Å²) < 4.78 is 43.9. The predicted molar refractivity (Wildman–Crippen MR) is 156 cm³/mol. The number of ether oxygens (including phenoxy) is 1. The van der Waals surface area contributed by atoms with Gasteiger partial charge in [0.2, 0.25) is 5.88 Å². The van der Waals surface area contributed by atoms with Crippen LogP contribution in [0.2, 0.25) is 5.02 Å². The Bertz CT molecular complexity index is 1140. The average Bonchev–Trinajstić information content (AvgIpc) is 3.34. The third-order valence-electron chi connectivity index (χ3n) is 4.83. The van der Waals surface area contributed by atoms with Gasteiger partial charge >= 0.3 is 6.18 Å². The van der Waals surface area contributed by atoms with Crippen molar-refractivity contribution in [2.24, 2.45) is 5.92 Å². The van der Waals surface area contributed by atoms with E-state index < -0.39 is 30.5 Å². The number of nitrogens with one attached hydrogen (secondary N) is 2. The number of amides is 1. The van der Waals surface area contributed by atoms with E-state index in [4.69, 9.17) is 22.8 Å². The summed E-state index contributed by atoms with van der Waals surface area (Å²) in [5.41, 5.74) is 1.36. The molecule has 0 spiro atoms. The number of pyridine rings is 1. The zero-order valence-electron chi connectivity index (χ0n) is 23.7. The molecule has 12 heteroatoms. The number of carbonyl (C=O) groups is 1. The minimum Gasteiger partial charge on any atom is -0.467 e. The highest BCUT2D eigenvalue weighted by Crippen LogP contribution is 2.25. The Balaban J connectivity index is 0.00000284. The highest BCUT2D eigenvalue weighted by Gasteiger charge is 2.30. The molecule has 0 fully saturated rings. The van der Waals surface area contributed by atoms with Crippen molar-refractivity contribution in [3.63, 3.8) is 0 Å². The fraction of sp³-hybridized carbons (Fsp3) is 0.464.